The zero-order chi connectivity index (χ0) is 19.9. The van der Waals surface area contributed by atoms with Crippen LogP contribution in [0.3, 0.4) is 0 Å². The third kappa shape index (κ3) is 2.38. The Hall–Kier alpha value is -0.160. The van der Waals surface area contributed by atoms with Crippen molar-refractivity contribution in [3.05, 3.63) is 0 Å². The van der Waals surface area contributed by atoms with Crippen LogP contribution in [0.5, 0.6) is 0 Å². The molecule has 0 aromatic carbocycles. The fourth-order valence-electron chi connectivity index (χ4n) is 8.73. The summed E-state index contributed by atoms with van der Waals surface area (Å²) in [7, 11) is 0. The Bertz CT molecular complexity index is 572. The molecular weight excluding hydrogens is 348 g/mol. The lowest BCUT2D eigenvalue weighted by atomic mass is 9.67. The highest BCUT2D eigenvalue weighted by Gasteiger charge is 2.65. The molecule has 4 saturated carbocycles. The van der Waals surface area contributed by atoms with Gasteiger partial charge in [-0.05, 0) is 61.2 Å². The molecule has 4 nitrogen and oxygen atoms in total. The topological polar surface area (TPSA) is 46.9 Å². The Balaban J connectivity index is 1.22. The quantitative estimate of drug-likeness (QED) is 0.775. The molecule has 0 radical (unpaired) electrons. The van der Waals surface area contributed by atoms with E-state index in [1.807, 2.05) is 0 Å². The first-order chi connectivity index (χ1) is 13.1. The second-order valence-electron chi connectivity index (χ2n) is 12.3. The van der Waals surface area contributed by atoms with Crippen molar-refractivity contribution < 1.29 is 10.2 Å². The van der Waals surface area contributed by atoms with Crippen LogP contribution in [0, 0.1) is 33.5 Å². The second kappa shape index (κ2) is 6.18. The zero-order valence-corrected chi connectivity index (χ0v) is 18.6. The van der Waals surface area contributed by atoms with Crippen molar-refractivity contribution >= 4 is 0 Å². The summed E-state index contributed by atoms with van der Waals surface area (Å²) in [6.07, 6.45) is 6.84. The summed E-state index contributed by atoms with van der Waals surface area (Å²) in [6.45, 7) is 16.3. The maximum Gasteiger partial charge on any atom is 0.0616 e. The van der Waals surface area contributed by atoms with Crippen molar-refractivity contribution in [3.63, 3.8) is 0 Å². The molecule has 6 atom stereocenters. The van der Waals surface area contributed by atoms with Crippen LogP contribution in [0.4, 0.5) is 0 Å². The number of aliphatic hydroxyl groups is 2. The average molecular weight is 391 g/mol. The SMILES string of the molecule is CC1(C)[C@@H]2CC[C@@]1(CN1CCN(C[C@]34CC[C@H](C[C@H]3O)C4(C)C)CC1)[C@H](O)C2. The molecule has 5 aliphatic rings. The fourth-order valence-corrected chi connectivity index (χ4v) is 8.73. The monoisotopic (exact) mass is 390 g/mol. The van der Waals surface area contributed by atoms with E-state index in [0.29, 0.717) is 11.8 Å². The summed E-state index contributed by atoms with van der Waals surface area (Å²) in [6, 6.07) is 0. The van der Waals surface area contributed by atoms with Crippen LogP contribution in [-0.4, -0.2) is 71.5 Å². The maximum absolute atomic E-state index is 10.9. The molecule has 0 amide bonds. The third-order valence-corrected chi connectivity index (χ3v) is 11.3. The number of piperazine rings is 1. The molecular formula is C24H42N2O2. The van der Waals surface area contributed by atoms with Gasteiger partial charge in [0.2, 0.25) is 0 Å². The van der Waals surface area contributed by atoms with Crippen LogP contribution in [-0.2, 0) is 0 Å². The van der Waals surface area contributed by atoms with E-state index in [4.69, 9.17) is 0 Å². The second-order valence-corrected chi connectivity index (χ2v) is 12.3. The maximum atomic E-state index is 10.9. The predicted molar refractivity (Wildman–Crippen MR) is 112 cm³/mol. The summed E-state index contributed by atoms with van der Waals surface area (Å²) in [5, 5.41) is 21.7. The first kappa shape index (κ1) is 19.8. The van der Waals surface area contributed by atoms with Gasteiger partial charge in [-0.2, -0.15) is 0 Å². The summed E-state index contributed by atoms with van der Waals surface area (Å²) >= 11 is 0. The van der Waals surface area contributed by atoms with Crippen molar-refractivity contribution in [2.24, 2.45) is 33.5 Å². The zero-order valence-electron chi connectivity index (χ0n) is 18.6. The number of fused-ring (bicyclic) bond motifs is 4. The molecule has 2 N–H and O–H groups in total. The molecule has 0 unspecified atom stereocenters. The lowest BCUT2D eigenvalue weighted by Gasteiger charge is -2.48. The number of aliphatic hydroxyl groups excluding tert-OH is 2. The van der Waals surface area contributed by atoms with Gasteiger partial charge in [0.1, 0.15) is 0 Å². The standard InChI is InChI=1S/C24H42N2O2/c1-21(2)17-5-7-23(21,19(27)13-17)15-25-9-11-26(12-10-25)16-24-8-6-18(14-20(24)28)22(24,3)4/h17-20,27-28H,5-16H2,1-4H3/t17-,18-,19-,20-,23-,24-/m1/s1. The molecule has 5 fully saturated rings. The van der Waals surface area contributed by atoms with E-state index in [-0.39, 0.29) is 33.9 Å². The van der Waals surface area contributed by atoms with Gasteiger partial charge in [0.25, 0.3) is 0 Å². The Morgan fingerprint density at radius 3 is 1.29 bits per heavy atom. The number of hydrogen-bond donors (Lipinski definition) is 2. The van der Waals surface area contributed by atoms with Crippen molar-refractivity contribution in [3.8, 4) is 0 Å². The third-order valence-electron chi connectivity index (χ3n) is 11.3. The Morgan fingerprint density at radius 1 is 0.679 bits per heavy atom. The molecule has 0 aromatic heterocycles. The van der Waals surface area contributed by atoms with Crippen molar-refractivity contribution in [2.75, 3.05) is 39.3 Å². The molecule has 1 aliphatic heterocycles. The fraction of sp³-hybridized carbons (Fsp3) is 1.00. The Morgan fingerprint density at radius 2 is 1.04 bits per heavy atom. The molecule has 5 rings (SSSR count). The van der Waals surface area contributed by atoms with Crippen LogP contribution < -0.4 is 0 Å². The van der Waals surface area contributed by atoms with E-state index in [0.717, 1.165) is 52.1 Å². The van der Waals surface area contributed by atoms with Crippen LogP contribution in [0.25, 0.3) is 0 Å². The van der Waals surface area contributed by atoms with Crippen LogP contribution in [0.2, 0.25) is 0 Å². The van der Waals surface area contributed by atoms with Gasteiger partial charge in [-0.25, -0.2) is 0 Å². The normalized spacial score (nSPS) is 49.9. The summed E-state index contributed by atoms with van der Waals surface area (Å²) in [5.41, 5.74) is 0.778. The lowest BCUT2D eigenvalue weighted by Crippen LogP contribution is -2.56. The van der Waals surface area contributed by atoms with E-state index in [2.05, 4.69) is 37.5 Å². The van der Waals surface area contributed by atoms with E-state index in [9.17, 15) is 10.2 Å². The van der Waals surface area contributed by atoms with E-state index in [1.54, 1.807) is 0 Å². The van der Waals surface area contributed by atoms with E-state index < -0.39 is 0 Å². The molecule has 1 saturated heterocycles. The van der Waals surface area contributed by atoms with Crippen LogP contribution >= 0.6 is 0 Å². The van der Waals surface area contributed by atoms with Crippen LogP contribution in [0.15, 0.2) is 0 Å². The summed E-state index contributed by atoms with van der Waals surface area (Å²) < 4.78 is 0. The van der Waals surface area contributed by atoms with Gasteiger partial charge in [0.15, 0.2) is 0 Å². The molecule has 0 spiro atoms. The van der Waals surface area contributed by atoms with Gasteiger partial charge in [-0.15, -0.1) is 0 Å². The van der Waals surface area contributed by atoms with Crippen molar-refractivity contribution in [2.45, 2.75) is 78.4 Å². The van der Waals surface area contributed by atoms with Gasteiger partial charge < -0.3 is 20.0 Å². The van der Waals surface area contributed by atoms with Gasteiger partial charge >= 0.3 is 0 Å². The minimum atomic E-state index is -0.108. The van der Waals surface area contributed by atoms with Crippen LogP contribution in [0.1, 0.15) is 66.2 Å². The molecule has 4 aliphatic carbocycles. The molecule has 4 heteroatoms. The van der Waals surface area contributed by atoms with Gasteiger partial charge in [0.05, 0.1) is 12.2 Å². The first-order valence-corrected chi connectivity index (χ1v) is 11.9. The summed E-state index contributed by atoms with van der Waals surface area (Å²) in [4.78, 5) is 5.28. The predicted octanol–water partition coefficient (Wildman–Crippen LogP) is 2.98. The highest BCUT2D eigenvalue weighted by Crippen LogP contribution is 2.67. The average Bonchev–Trinajstić information content (AvgIpc) is 3.16. The van der Waals surface area contributed by atoms with E-state index >= 15 is 0 Å². The molecule has 4 bridgehead atoms. The molecule has 160 valence electrons. The van der Waals surface area contributed by atoms with Crippen molar-refractivity contribution in [1.29, 1.82) is 0 Å². The van der Waals surface area contributed by atoms with Crippen molar-refractivity contribution in [1.82, 2.24) is 9.80 Å². The van der Waals surface area contributed by atoms with Gasteiger partial charge in [-0.1, -0.05) is 27.7 Å². The molecule has 28 heavy (non-hydrogen) atoms. The minimum absolute atomic E-state index is 0.108. The highest BCUT2D eigenvalue weighted by atomic mass is 16.3. The summed E-state index contributed by atoms with van der Waals surface area (Å²) in [5.74, 6) is 1.42. The smallest absolute Gasteiger partial charge is 0.0616 e. The highest BCUT2D eigenvalue weighted by molar-refractivity contribution is 5.15. The number of rotatable bonds is 4. The Labute approximate surface area is 171 Å². The van der Waals surface area contributed by atoms with E-state index in [1.165, 1.54) is 25.7 Å². The van der Waals surface area contributed by atoms with Gasteiger partial charge in [-0.3, -0.25) is 0 Å². The number of hydrogen-bond acceptors (Lipinski definition) is 4. The van der Waals surface area contributed by atoms with Gasteiger partial charge in [0, 0.05) is 50.1 Å². The lowest BCUT2D eigenvalue weighted by molar-refractivity contribution is -0.0569. The molecule has 0 aromatic rings. The Kier molecular flexibility index (Phi) is 4.37. The number of nitrogens with zero attached hydrogens (tertiary/aromatic N) is 2. The minimum Gasteiger partial charge on any atom is -0.392 e. The molecule has 1 heterocycles. The largest absolute Gasteiger partial charge is 0.392 e. The first-order valence-electron chi connectivity index (χ1n) is 11.9.